The van der Waals surface area contributed by atoms with Crippen LogP contribution in [0.4, 0.5) is 0 Å². The van der Waals surface area contributed by atoms with E-state index >= 15 is 0 Å². The number of hydrogen-bond donors (Lipinski definition) is 2. The van der Waals surface area contributed by atoms with Crippen LogP contribution in [-0.2, 0) is 0 Å². The molecule has 2 heterocycles. The van der Waals surface area contributed by atoms with Crippen LogP contribution >= 0.6 is 11.3 Å². The lowest BCUT2D eigenvalue weighted by molar-refractivity contribution is 0.0956. The number of H-pyrrole nitrogens is 1. The Kier molecular flexibility index (Phi) is 4.59. The Morgan fingerprint density at radius 3 is 2.58 bits per heavy atom. The highest BCUT2D eigenvalue weighted by Gasteiger charge is 2.19. The van der Waals surface area contributed by atoms with Gasteiger partial charge in [-0.2, -0.15) is 0 Å². The van der Waals surface area contributed by atoms with Crippen molar-refractivity contribution in [2.45, 2.75) is 12.8 Å². The first kappa shape index (κ1) is 16.6. The number of rotatable bonds is 5. The van der Waals surface area contributed by atoms with E-state index in [0.717, 1.165) is 15.3 Å². The third-order valence-corrected chi connectivity index (χ3v) is 5.63. The molecule has 4 aromatic rings. The van der Waals surface area contributed by atoms with Gasteiger partial charge in [-0.1, -0.05) is 48.5 Å². The fourth-order valence-electron chi connectivity index (χ4n) is 3.31. The summed E-state index contributed by atoms with van der Waals surface area (Å²) in [5.41, 5.74) is 3.51. The fourth-order valence-corrected chi connectivity index (χ4v) is 4.10. The summed E-state index contributed by atoms with van der Waals surface area (Å²) in [6, 6.07) is 22.5. The van der Waals surface area contributed by atoms with Crippen LogP contribution in [0.2, 0.25) is 0 Å². The van der Waals surface area contributed by atoms with Crippen molar-refractivity contribution in [1.29, 1.82) is 0 Å². The van der Waals surface area contributed by atoms with E-state index in [9.17, 15) is 4.79 Å². The van der Waals surface area contributed by atoms with Crippen LogP contribution in [-0.4, -0.2) is 17.4 Å². The maximum Gasteiger partial charge on any atom is 0.261 e. The SMILES string of the molecule is Cc1ccc(C(=O)NCC(c2ccccc2)c2c[nH]c3ccccc23)s1. The van der Waals surface area contributed by atoms with E-state index in [1.165, 1.54) is 27.8 Å². The largest absolute Gasteiger partial charge is 0.361 e. The van der Waals surface area contributed by atoms with Gasteiger partial charge in [0, 0.05) is 34.4 Å². The van der Waals surface area contributed by atoms with Gasteiger partial charge in [-0.05, 0) is 36.2 Å². The number of carbonyl (C=O) groups is 1. The van der Waals surface area contributed by atoms with Crippen molar-refractivity contribution in [3.05, 3.63) is 93.8 Å². The van der Waals surface area contributed by atoms with Gasteiger partial charge < -0.3 is 10.3 Å². The second-order valence-electron chi connectivity index (χ2n) is 6.37. The summed E-state index contributed by atoms with van der Waals surface area (Å²) in [5.74, 6) is 0.0845. The van der Waals surface area contributed by atoms with Crippen molar-refractivity contribution in [3.63, 3.8) is 0 Å². The van der Waals surface area contributed by atoms with Crippen molar-refractivity contribution >= 4 is 28.1 Å². The minimum absolute atomic E-state index is 0.0103. The summed E-state index contributed by atoms with van der Waals surface area (Å²) in [6.45, 7) is 2.57. The molecule has 0 spiro atoms. The molecule has 0 saturated heterocycles. The number of nitrogens with one attached hydrogen (secondary N) is 2. The highest BCUT2D eigenvalue weighted by molar-refractivity contribution is 7.13. The molecule has 1 amide bonds. The number of amides is 1. The molecular formula is C22H20N2OS. The van der Waals surface area contributed by atoms with E-state index in [2.05, 4.69) is 46.8 Å². The number of aromatic amines is 1. The molecule has 3 nitrogen and oxygen atoms in total. The van der Waals surface area contributed by atoms with Crippen LogP contribution in [0.25, 0.3) is 10.9 Å². The van der Waals surface area contributed by atoms with Crippen molar-refractivity contribution < 1.29 is 4.79 Å². The van der Waals surface area contributed by atoms with Gasteiger partial charge in [0.05, 0.1) is 4.88 Å². The molecule has 0 fully saturated rings. The van der Waals surface area contributed by atoms with E-state index in [1.54, 1.807) is 0 Å². The average Bonchev–Trinajstić information content (AvgIpc) is 3.29. The van der Waals surface area contributed by atoms with Crippen LogP contribution in [0.1, 0.15) is 31.6 Å². The van der Waals surface area contributed by atoms with Gasteiger partial charge in [0.1, 0.15) is 0 Å². The van der Waals surface area contributed by atoms with Gasteiger partial charge in [0.25, 0.3) is 5.91 Å². The Bertz CT molecular complexity index is 1030. The summed E-state index contributed by atoms with van der Waals surface area (Å²) in [5, 5.41) is 4.32. The Balaban J connectivity index is 1.65. The highest BCUT2D eigenvalue weighted by atomic mass is 32.1. The number of fused-ring (bicyclic) bond motifs is 1. The number of aromatic nitrogens is 1. The van der Waals surface area contributed by atoms with Gasteiger partial charge in [0.15, 0.2) is 0 Å². The minimum Gasteiger partial charge on any atom is -0.361 e. The third kappa shape index (κ3) is 3.28. The lowest BCUT2D eigenvalue weighted by Crippen LogP contribution is -2.28. The topological polar surface area (TPSA) is 44.9 Å². The molecule has 4 heteroatoms. The maximum atomic E-state index is 12.5. The van der Waals surface area contributed by atoms with Gasteiger partial charge >= 0.3 is 0 Å². The molecule has 2 aromatic carbocycles. The molecule has 0 aliphatic rings. The molecule has 0 aliphatic carbocycles. The number of para-hydroxylation sites is 1. The zero-order valence-corrected chi connectivity index (χ0v) is 15.3. The van der Waals surface area contributed by atoms with Crippen LogP contribution in [0, 0.1) is 6.92 Å². The lowest BCUT2D eigenvalue weighted by Gasteiger charge is -2.18. The molecule has 26 heavy (non-hydrogen) atoms. The van der Waals surface area contributed by atoms with E-state index in [1.807, 2.05) is 43.3 Å². The molecule has 2 N–H and O–H groups in total. The predicted molar refractivity (Wildman–Crippen MR) is 108 cm³/mol. The number of aryl methyl sites for hydroxylation is 1. The first-order valence-electron chi connectivity index (χ1n) is 8.68. The summed E-state index contributed by atoms with van der Waals surface area (Å²) in [7, 11) is 0. The van der Waals surface area contributed by atoms with Gasteiger partial charge in [-0.15, -0.1) is 11.3 Å². The van der Waals surface area contributed by atoms with E-state index in [4.69, 9.17) is 0 Å². The van der Waals surface area contributed by atoms with Gasteiger partial charge in [-0.3, -0.25) is 4.79 Å². The van der Waals surface area contributed by atoms with E-state index in [0.29, 0.717) is 6.54 Å². The van der Waals surface area contributed by atoms with Crippen LogP contribution in [0.15, 0.2) is 72.9 Å². The molecule has 4 rings (SSSR count). The van der Waals surface area contributed by atoms with Crippen LogP contribution in [0.5, 0.6) is 0 Å². The van der Waals surface area contributed by atoms with Gasteiger partial charge in [0.2, 0.25) is 0 Å². The molecular weight excluding hydrogens is 340 g/mol. The monoisotopic (exact) mass is 360 g/mol. The summed E-state index contributed by atoms with van der Waals surface area (Å²) in [6.07, 6.45) is 2.06. The maximum absolute atomic E-state index is 12.5. The van der Waals surface area contributed by atoms with Crippen LogP contribution in [0.3, 0.4) is 0 Å². The number of hydrogen-bond acceptors (Lipinski definition) is 2. The number of carbonyl (C=O) groups excluding carboxylic acids is 1. The first-order chi connectivity index (χ1) is 12.7. The molecule has 1 atom stereocenters. The standard InChI is InChI=1S/C22H20N2OS/c1-15-11-12-21(26-15)22(25)24-13-18(16-7-3-2-4-8-16)19-14-23-20-10-6-5-9-17(19)20/h2-12,14,18,23H,13H2,1H3,(H,24,25). The lowest BCUT2D eigenvalue weighted by atomic mass is 9.91. The summed E-state index contributed by atoms with van der Waals surface area (Å²) in [4.78, 5) is 17.8. The van der Waals surface area contributed by atoms with Crippen molar-refractivity contribution in [2.24, 2.45) is 0 Å². The summed E-state index contributed by atoms with van der Waals surface area (Å²) >= 11 is 1.53. The van der Waals surface area contributed by atoms with E-state index < -0.39 is 0 Å². The Labute approximate surface area is 156 Å². The zero-order chi connectivity index (χ0) is 17.9. The quantitative estimate of drug-likeness (QED) is 0.511. The number of benzene rings is 2. The number of thiophene rings is 1. The Hall–Kier alpha value is -2.85. The van der Waals surface area contributed by atoms with Gasteiger partial charge in [-0.25, -0.2) is 0 Å². The second-order valence-corrected chi connectivity index (χ2v) is 7.66. The van der Waals surface area contributed by atoms with Crippen LogP contribution < -0.4 is 5.32 Å². The smallest absolute Gasteiger partial charge is 0.261 e. The fraction of sp³-hybridized carbons (Fsp3) is 0.136. The second kappa shape index (κ2) is 7.18. The summed E-state index contributed by atoms with van der Waals surface area (Å²) < 4.78 is 0. The molecule has 130 valence electrons. The van der Waals surface area contributed by atoms with Crippen molar-refractivity contribution in [3.8, 4) is 0 Å². The molecule has 0 aliphatic heterocycles. The average molecular weight is 360 g/mol. The van der Waals surface area contributed by atoms with Crippen molar-refractivity contribution in [2.75, 3.05) is 6.54 Å². The molecule has 1 unspecified atom stereocenters. The molecule has 0 saturated carbocycles. The molecule has 0 radical (unpaired) electrons. The first-order valence-corrected chi connectivity index (χ1v) is 9.49. The Morgan fingerprint density at radius 1 is 1.04 bits per heavy atom. The molecule has 2 aromatic heterocycles. The minimum atomic E-state index is -0.0103. The highest BCUT2D eigenvalue weighted by Crippen LogP contribution is 2.30. The third-order valence-electron chi connectivity index (χ3n) is 4.63. The molecule has 0 bridgehead atoms. The van der Waals surface area contributed by atoms with E-state index in [-0.39, 0.29) is 11.8 Å². The van der Waals surface area contributed by atoms with Crippen molar-refractivity contribution in [1.82, 2.24) is 10.3 Å². The normalized spacial score (nSPS) is 12.2. The predicted octanol–water partition coefficient (Wildman–Crippen LogP) is 5.10. The zero-order valence-electron chi connectivity index (χ0n) is 14.5. The Morgan fingerprint density at radius 2 is 1.81 bits per heavy atom.